The number of carboxylic acids is 2. The number of carboxylic acid groups (broad SMARTS) is 2. The van der Waals surface area contributed by atoms with Gasteiger partial charge in [0.05, 0.1) is 19.6 Å². The molecule has 0 aliphatic carbocycles. The molecule has 0 radical (unpaired) electrons. The number of hydrogen-bond donors (Lipinski definition) is 3. The van der Waals surface area contributed by atoms with Crippen molar-refractivity contribution in [2.45, 2.75) is 51.3 Å². The Kier molecular flexibility index (Phi) is 15.6. The molecule has 0 unspecified atom stereocenters. The third kappa shape index (κ3) is 16.5. The predicted octanol–water partition coefficient (Wildman–Crippen LogP) is 5.08. The molecule has 2 rings (SSSR count). The lowest BCUT2D eigenvalue weighted by Gasteiger charge is -2.09. The second-order valence-corrected chi connectivity index (χ2v) is 7.89. The van der Waals surface area contributed by atoms with Crippen LogP contribution < -0.4 is 10.1 Å². The lowest BCUT2D eigenvalue weighted by molar-refractivity contribution is -0.192. The second kappa shape index (κ2) is 18.2. The molecule has 0 saturated heterocycles. The Morgan fingerprint density at radius 2 is 1.50 bits per heavy atom. The summed E-state index contributed by atoms with van der Waals surface area (Å²) >= 11 is 0. The first-order valence-electron chi connectivity index (χ1n) is 11.7. The van der Waals surface area contributed by atoms with E-state index < -0.39 is 18.1 Å². The lowest BCUT2D eigenvalue weighted by Crippen LogP contribution is -2.21. The predicted molar refractivity (Wildman–Crippen MR) is 129 cm³/mol. The highest BCUT2D eigenvalue weighted by Gasteiger charge is 2.38. The standard InChI is InChI=1S/C24H33NO4.C2HF3O2/c26-24(27)14-16-25-15-8-12-21-11-7-13-23(19-21)29-18-6-2-5-17-28-20-22-9-3-1-4-10-22;3-2(4,5)1(6)7/h1,3-4,7,9-11,13,19,25H,2,5-6,8,12,14-18,20H2,(H,26,27);(H,6,7). The summed E-state index contributed by atoms with van der Waals surface area (Å²) in [5, 5.41) is 18.9. The van der Waals surface area contributed by atoms with Crippen LogP contribution in [0.2, 0.25) is 0 Å². The number of rotatable bonds is 16. The van der Waals surface area contributed by atoms with Crippen molar-refractivity contribution in [2.24, 2.45) is 0 Å². The molecule has 36 heavy (non-hydrogen) atoms. The van der Waals surface area contributed by atoms with E-state index >= 15 is 0 Å². The average molecular weight is 514 g/mol. The molecule has 0 saturated carbocycles. The first kappa shape index (κ1) is 30.9. The highest BCUT2D eigenvalue weighted by Crippen LogP contribution is 2.15. The van der Waals surface area contributed by atoms with Gasteiger partial charge in [0.15, 0.2) is 0 Å². The van der Waals surface area contributed by atoms with Crippen molar-refractivity contribution in [3.63, 3.8) is 0 Å². The molecule has 2 aromatic rings. The van der Waals surface area contributed by atoms with Crippen LogP contribution in [-0.2, 0) is 27.4 Å². The van der Waals surface area contributed by atoms with Crippen molar-refractivity contribution in [1.82, 2.24) is 5.32 Å². The SMILES string of the molecule is O=C(O)C(F)(F)F.O=C(O)CCNCCCc1cccc(OCCCCCOCc2ccccc2)c1. The van der Waals surface area contributed by atoms with Crippen LogP contribution in [0.1, 0.15) is 43.2 Å². The molecule has 0 aliphatic rings. The zero-order valence-electron chi connectivity index (χ0n) is 20.1. The van der Waals surface area contributed by atoms with Gasteiger partial charge in [-0.15, -0.1) is 0 Å². The maximum atomic E-state index is 10.6. The van der Waals surface area contributed by atoms with Crippen molar-refractivity contribution in [3.8, 4) is 5.75 Å². The molecule has 2 aromatic carbocycles. The van der Waals surface area contributed by atoms with E-state index in [-0.39, 0.29) is 6.42 Å². The Balaban J connectivity index is 0.000000809. The quantitative estimate of drug-likeness (QED) is 0.269. The van der Waals surface area contributed by atoms with E-state index in [1.807, 2.05) is 30.3 Å². The molecule has 0 aromatic heterocycles. The summed E-state index contributed by atoms with van der Waals surface area (Å²) in [4.78, 5) is 19.4. The van der Waals surface area contributed by atoms with Gasteiger partial charge < -0.3 is 25.0 Å². The van der Waals surface area contributed by atoms with E-state index in [0.717, 1.165) is 57.6 Å². The van der Waals surface area contributed by atoms with E-state index in [9.17, 15) is 18.0 Å². The Labute approximate surface area is 209 Å². The molecule has 10 heteroatoms. The third-order valence-electron chi connectivity index (χ3n) is 4.79. The van der Waals surface area contributed by atoms with Crippen LogP contribution in [0.3, 0.4) is 0 Å². The van der Waals surface area contributed by atoms with E-state index in [2.05, 4.69) is 29.6 Å². The fourth-order valence-corrected chi connectivity index (χ4v) is 2.97. The summed E-state index contributed by atoms with van der Waals surface area (Å²) in [6, 6.07) is 18.5. The highest BCUT2D eigenvalue weighted by molar-refractivity contribution is 5.73. The van der Waals surface area contributed by atoms with Gasteiger partial charge >= 0.3 is 18.1 Å². The first-order chi connectivity index (χ1) is 17.2. The van der Waals surface area contributed by atoms with Crippen LogP contribution in [0.15, 0.2) is 54.6 Å². The summed E-state index contributed by atoms with van der Waals surface area (Å²) < 4.78 is 43.3. The molecular weight excluding hydrogens is 479 g/mol. The van der Waals surface area contributed by atoms with Gasteiger partial charge in [0.2, 0.25) is 0 Å². The maximum Gasteiger partial charge on any atom is 0.490 e. The number of alkyl halides is 3. The normalized spacial score (nSPS) is 10.9. The monoisotopic (exact) mass is 513 g/mol. The van der Waals surface area contributed by atoms with Gasteiger partial charge in [-0.05, 0) is 61.9 Å². The van der Waals surface area contributed by atoms with E-state index in [0.29, 0.717) is 13.2 Å². The van der Waals surface area contributed by atoms with Gasteiger partial charge in [-0.25, -0.2) is 4.79 Å². The number of nitrogens with one attached hydrogen (secondary N) is 1. The number of carbonyl (C=O) groups is 2. The zero-order valence-corrected chi connectivity index (χ0v) is 20.1. The minimum absolute atomic E-state index is 0.169. The highest BCUT2D eigenvalue weighted by atomic mass is 19.4. The number of aliphatic carboxylic acids is 2. The summed E-state index contributed by atoms with van der Waals surface area (Å²) in [6.45, 7) is 3.53. The molecule has 0 spiro atoms. The van der Waals surface area contributed by atoms with Crippen molar-refractivity contribution >= 4 is 11.9 Å². The first-order valence-corrected chi connectivity index (χ1v) is 11.7. The topological polar surface area (TPSA) is 105 Å². The number of ether oxygens (including phenoxy) is 2. The maximum absolute atomic E-state index is 10.6. The minimum Gasteiger partial charge on any atom is -0.494 e. The number of halogens is 3. The van der Waals surface area contributed by atoms with Crippen LogP contribution >= 0.6 is 0 Å². The molecule has 3 N–H and O–H groups in total. The van der Waals surface area contributed by atoms with Gasteiger partial charge in [0.25, 0.3) is 0 Å². The van der Waals surface area contributed by atoms with Gasteiger partial charge in [-0.2, -0.15) is 13.2 Å². The Bertz CT molecular complexity index is 877. The molecule has 0 heterocycles. The molecule has 0 fully saturated rings. The van der Waals surface area contributed by atoms with Crippen LogP contribution in [0.5, 0.6) is 5.75 Å². The summed E-state index contributed by atoms with van der Waals surface area (Å²) in [7, 11) is 0. The molecule has 7 nitrogen and oxygen atoms in total. The lowest BCUT2D eigenvalue weighted by atomic mass is 10.1. The Morgan fingerprint density at radius 3 is 2.17 bits per heavy atom. The van der Waals surface area contributed by atoms with Crippen molar-refractivity contribution in [1.29, 1.82) is 0 Å². The number of aryl methyl sites for hydroxylation is 1. The van der Waals surface area contributed by atoms with Gasteiger partial charge in [0.1, 0.15) is 5.75 Å². The smallest absolute Gasteiger partial charge is 0.490 e. The largest absolute Gasteiger partial charge is 0.494 e. The molecule has 0 bridgehead atoms. The van der Waals surface area contributed by atoms with Gasteiger partial charge in [-0.1, -0.05) is 42.5 Å². The van der Waals surface area contributed by atoms with Gasteiger partial charge in [0, 0.05) is 13.2 Å². The fourth-order valence-electron chi connectivity index (χ4n) is 2.97. The van der Waals surface area contributed by atoms with E-state index in [4.69, 9.17) is 24.5 Å². The number of hydrogen-bond acceptors (Lipinski definition) is 5. The summed E-state index contributed by atoms with van der Waals surface area (Å²) in [5.74, 6) is -2.60. The van der Waals surface area contributed by atoms with Gasteiger partial charge in [-0.3, -0.25) is 4.79 Å². The summed E-state index contributed by atoms with van der Waals surface area (Å²) in [6.07, 6.45) is 0.179. The van der Waals surface area contributed by atoms with E-state index in [1.54, 1.807) is 0 Å². The molecular formula is C26H34F3NO6. The summed E-state index contributed by atoms with van der Waals surface area (Å²) in [5.41, 5.74) is 2.46. The fraction of sp³-hybridized carbons (Fsp3) is 0.462. The number of unbranched alkanes of at least 4 members (excludes halogenated alkanes) is 2. The minimum atomic E-state index is -5.08. The molecule has 0 aliphatic heterocycles. The second-order valence-electron chi connectivity index (χ2n) is 7.89. The van der Waals surface area contributed by atoms with Crippen molar-refractivity contribution in [2.75, 3.05) is 26.3 Å². The number of benzene rings is 2. The van der Waals surface area contributed by atoms with Crippen LogP contribution in [0, 0.1) is 0 Å². The third-order valence-corrected chi connectivity index (χ3v) is 4.79. The average Bonchev–Trinajstić information content (AvgIpc) is 2.83. The molecule has 0 amide bonds. The zero-order chi connectivity index (χ0) is 26.7. The molecule has 0 atom stereocenters. The van der Waals surface area contributed by atoms with Crippen LogP contribution in [0.25, 0.3) is 0 Å². The van der Waals surface area contributed by atoms with Crippen molar-refractivity contribution < 1.29 is 42.4 Å². The van der Waals surface area contributed by atoms with E-state index in [1.165, 1.54) is 11.1 Å². The molecule has 200 valence electrons. The van der Waals surface area contributed by atoms with Crippen LogP contribution in [0.4, 0.5) is 13.2 Å². The van der Waals surface area contributed by atoms with Crippen LogP contribution in [-0.4, -0.2) is 54.6 Å². The Hall–Kier alpha value is -3.11. The Morgan fingerprint density at radius 1 is 0.833 bits per heavy atom. The van der Waals surface area contributed by atoms with Crippen molar-refractivity contribution in [3.05, 3.63) is 65.7 Å².